The molecule has 3 heterocycles. The Balaban J connectivity index is 1.40. The number of halogens is 4. The SMILES string of the molecule is CC[C@H](C)[C@@H]1NC(=O)[C@H](CC(C)C)N(C)C(=O)C[C@@H](C(=O)N2CCC(C)(C)C2)NC(=O)[C@H]([C@@H](C)CC)N(C)C(=O)C2(CCCC2)NC(=O)[C@@H]2CCCN2C(=O)[C@H](CCC2CCC(C(F)(F)F)C(Cl)C2)NC(=O)CN(C)C(=O)[C@H](CC2CCCCC2)N(C)C(=O)CN(C)C(=O)CN(C)C1=O. The van der Waals surface area contributed by atoms with Crippen LogP contribution < -0.4 is 21.3 Å². The monoisotopic (exact) mass is 1420 g/mol. The van der Waals surface area contributed by atoms with Gasteiger partial charge in [0.1, 0.15) is 47.8 Å². The summed E-state index contributed by atoms with van der Waals surface area (Å²) in [6.45, 7) is 14.0. The third-order valence-electron chi connectivity index (χ3n) is 22.4. The maximum absolute atomic E-state index is 15.5. The van der Waals surface area contributed by atoms with Crippen LogP contribution >= 0.6 is 11.6 Å². The zero-order valence-corrected chi connectivity index (χ0v) is 62.1. The van der Waals surface area contributed by atoms with Crippen LogP contribution in [0.2, 0.25) is 0 Å². The van der Waals surface area contributed by atoms with Crippen LogP contribution in [0.5, 0.6) is 0 Å². The number of carbonyl (C=O) groups is 12. The summed E-state index contributed by atoms with van der Waals surface area (Å²) >= 11 is 6.39. The fraction of sp³-hybridized carbons (Fsp3) is 0.831. The fourth-order valence-electron chi connectivity index (χ4n) is 15.6. The zero-order valence-electron chi connectivity index (χ0n) is 61.4. The van der Waals surface area contributed by atoms with Gasteiger partial charge < -0.3 is 60.5 Å². The smallest absolute Gasteiger partial charge is 0.343 e. The first-order valence-electron chi connectivity index (χ1n) is 36.4. The molecule has 0 radical (unpaired) electrons. The normalized spacial score (nSPS) is 29.8. The average molecular weight is 1420 g/mol. The quantitative estimate of drug-likeness (QED) is 0.168. The molecule has 1 spiro atoms. The number of hydrogen-bond acceptors (Lipinski definition) is 12. The topological polar surface area (TPSA) is 279 Å². The molecule has 0 bridgehead atoms. The zero-order chi connectivity index (χ0) is 73.8. The lowest BCUT2D eigenvalue weighted by atomic mass is 9.78. The minimum absolute atomic E-state index is 0.00229. The van der Waals surface area contributed by atoms with Gasteiger partial charge >= 0.3 is 6.18 Å². The second-order valence-electron chi connectivity index (χ2n) is 31.1. The van der Waals surface area contributed by atoms with Crippen LogP contribution in [-0.2, 0) is 57.5 Å². The van der Waals surface area contributed by atoms with Crippen LogP contribution in [0.15, 0.2) is 0 Å². The van der Waals surface area contributed by atoms with E-state index in [2.05, 4.69) is 21.3 Å². The Morgan fingerprint density at radius 2 is 1.22 bits per heavy atom. The highest BCUT2D eigenvalue weighted by Crippen LogP contribution is 2.44. The second-order valence-corrected chi connectivity index (χ2v) is 31.7. The van der Waals surface area contributed by atoms with Crippen molar-refractivity contribution in [2.75, 3.05) is 81.6 Å². The summed E-state index contributed by atoms with van der Waals surface area (Å²) in [5.74, 6) is -11.1. The van der Waals surface area contributed by atoms with Gasteiger partial charge in [0.05, 0.1) is 32.0 Å². The number of nitrogens with one attached hydrogen (secondary N) is 4. The number of hydrogen-bond donors (Lipinski definition) is 4. The molecule has 3 saturated heterocycles. The molecule has 0 aromatic rings. The van der Waals surface area contributed by atoms with E-state index in [-0.39, 0.29) is 93.9 Å². The van der Waals surface area contributed by atoms with E-state index in [4.69, 9.17) is 11.6 Å². The molecule has 3 unspecified atom stereocenters. The molecular formula is C71H116ClF3N12O12. The first kappa shape index (κ1) is 81.7. The average Bonchev–Trinajstić information content (AvgIpc) is 1.71. The predicted molar refractivity (Wildman–Crippen MR) is 367 cm³/mol. The first-order valence-corrected chi connectivity index (χ1v) is 36.8. The second kappa shape index (κ2) is 35.5. The van der Waals surface area contributed by atoms with Crippen molar-refractivity contribution in [3.63, 3.8) is 0 Å². The maximum atomic E-state index is 15.5. The van der Waals surface area contributed by atoms with Crippen molar-refractivity contribution in [1.29, 1.82) is 0 Å². The Morgan fingerprint density at radius 3 is 1.81 bits per heavy atom. The van der Waals surface area contributed by atoms with Crippen LogP contribution in [0.1, 0.15) is 197 Å². The van der Waals surface area contributed by atoms with E-state index in [1.807, 2.05) is 41.5 Å². The third-order valence-corrected chi connectivity index (χ3v) is 22.9. The van der Waals surface area contributed by atoms with Gasteiger partial charge in [-0.15, -0.1) is 11.6 Å². The van der Waals surface area contributed by atoms with E-state index in [9.17, 15) is 51.5 Å². The summed E-state index contributed by atoms with van der Waals surface area (Å²) in [4.78, 5) is 188. The van der Waals surface area contributed by atoms with Crippen molar-refractivity contribution < 1.29 is 70.7 Å². The summed E-state index contributed by atoms with van der Waals surface area (Å²) in [6, 6.07) is -8.74. The molecule has 4 N–H and O–H groups in total. The Hall–Kier alpha value is -6.28. The van der Waals surface area contributed by atoms with E-state index < -0.39 is 174 Å². The van der Waals surface area contributed by atoms with Crippen molar-refractivity contribution in [2.45, 2.75) is 256 Å². The number of carbonyl (C=O) groups excluding carboxylic acids is 12. The summed E-state index contributed by atoms with van der Waals surface area (Å²) < 4.78 is 42.0. The fourth-order valence-corrected chi connectivity index (χ4v) is 16.2. The summed E-state index contributed by atoms with van der Waals surface area (Å²) in [5, 5.41) is 10.4. The van der Waals surface area contributed by atoms with Crippen LogP contribution in [0.4, 0.5) is 13.2 Å². The molecule has 6 aliphatic rings. The number of alkyl halides is 4. The van der Waals surface area contributed by atoms with E-state index in [0.717, 1.165) is 46.8 Å². The highest BCUT2D eigenvalue weighted by Gasteiger charge is 2.51. The number of fused-ring (bicyclic) bond motifs is 1. The molecule has 12 atom stereocenters. The highest BCUT2D eigenvalue weighted by atomic mass is 35.5. The van der Waals surface area contributed by atoms with Crippen molar-refractivity contribution in [1.82, 2.24) is 60.5 Å². The Kier molecular flexibility index (Phi) is 29.3. The standard InChI is InChI=1S/C71H116ClF3N12O12/c1-15-44(5)59-67(98)82(11)40-57(90)80(9)41-58(91)84(13)54(37-46-23-18-17-19-24-46)66(97)81(10)39-55(88)76-50(29-27-47-26-28-48(49(72)36-47)71(73,74)75)65(96)87-33-22-25-52(87)62(93)79-70(30-20-21-31-70)68(99)85(14)60(45(6)16-2)63(94)77-51(64(95)86-34-32-69(7,8)42-86)38-56(89)83(12)53(35-43(3)4)61(92)78-59/h43-54,59-60H,15-42H2,1-14H3,(H,76,88)(H,77,94)(H,78,92)(H,79,93)/t44-,45-,47?,48?,49?,50-,51-,52-,53-,54-,59-,60-/m0/s1. The van der Waals surface area contributed by atoms with E-state index in [1.54, 1.807) is 18.7 Å². The van der Waals surface area contributed by atoms with E-state index >= 15 is 19.2 Å². The molecule has 6 fully saturated rings. The number of likely N-dealkylation sites (tertiary alicyclic amines) is 1. The van der Waals surface area contributed by atoms with Gasteiger partial charge in [-0.1, -0.05) is 113 Å². The molecule has 99 heavy (non-hydrogen) atoms. The van der Waals surface area contributed by atoms with Crippen molar-refractivity contribution in [3.8, 4) is 0 Å². The molecular weight excluding hydrogens is 1310 g/mol. The summed E-state index contributed by atoms with van der Waals surface area (Å²) in [5.41, 5.74) is -1.86. The molecule has 3 aliphatic heterocycles. The molecule has 24 nitrogen and oxygen atoms in total. The molecule has 0 aromatic carbocycles. The molecule has 560 valence electrons. The highest BCUT2D eigenvalue weighted by molar-refractivity contribution is 6.21. The van der Waals surface area contributed by atoms with Gasteiger partial charge in [0, 0.05) is 67.3 Å². The number of amides is 12. The largest absolute Gasteiger partial charge is 0.393 e. The van der Waals surface area contributed by atoms with Crippen molar-refractivity contribution in [2.24, 2.45) is 40.9 Å². The van der Waals surface area contributed by atoms with Crippen molar-refractivity contribution in [3.05, 3.63) is 0 Å². The molecule has 6 rings (SSSR count). The van der Waals surface area contributed by atoms with Gasteiger partial charge in [0.2, 0.25) is 70.9 Å². The third kappa shape index (κ3) is 21.2. The number of rotatable bonds is 12. The van der Waals surface area contributed by atoms with Gasteiger partial charge in [-0.05, 0) is 112 Å². The van der Waals surface area contributed by atoms with Gasteiger partial charge in [0.15, 0.2) is 0 Å². The number of likely N-dealkylation sites (N-methyl/N-ethyl adjacent to an activating group) is 6. The van der Waals surface area contributed by atoms with Gasteiger partial charge in [-0.2, -0.15) is 13.2 Å². The lowest BCUT2D eigenvalue weighted by molar-refractivity contribution is -0.182. The lowest BCUT2D eigenvalue weighted by Crippen LogP contribution is -2.65. The van der Waals surface area contributed by atoms with E-state index in [1.165, 1.54) is 61.9 Å². The van der Waals surface area contributed by atoms with Crippen molar-refractivity contribution >= 4 is 82.5 Å². The van der Waals surface area contributed by atoms with Crippen LogP contribution in [0, 0.1) is 40.9 Å². The molecule has 0 aromatic heterocycles. The first-order chi connectivity index (χ1) is 46.3. The minimum atomic E-state index is -4.51. The Labute approximate surface area is 589 Å². The predicted octanol–water partition coefficient (Wildman–Crippen LogP) is 5.85. The Bertz CT molecular complexity index is 2890. The van der Waals surface area contributed by atoms with Crippen LogP contribution in [0.3, 0.4) is 0 Å². The van der Waals surface area contributed by atoms with Gasteiger partial charge in [-0.25, -0.2) is 0 Å². The molecule has 12 amide bonds. The maximum Gasteiger partial charge on any atom is 0.393 e. The number of nitrogens with zero attached hydrogens (tertiary/aromatic N) is 8. The van der Waals surface area contributed by atoms with E-state index in [0.29, 0.717) is 51.6 Å². The molecule has 28 heteroatoms. The van der Waals surface area contributed by atoms with Gasteiger partial charge in [0.25, 0.3) is 0 Å². The summed E-state index contributed by atoms with van der Waals surface area (Å²) in [7, 11) is 8.50. The summed E-state index contributed by atoms with van der Waals surface area (Å²) in [6.07, 6.45) is 2.95. The minimum Gasteiger partial charge on any atom is -0.343 e. The molecule has 3 aliphatic carbocycles. The van der Waals surface area contributed by atoms with Crippen LogP contribution in [0.25, 0.3) is 0 Å². The molecule has 3 saturated carbocycles. The lowest BCUT2D eigenvalue weighted by Gasteiger charge is -2.40. The Morgan fingerprint density at radius 1 is 0.606 bits per heavy atom. The van der Waals surface area contributed by atoms with Crippen LogP contribution in [-0.4, -0.2) is 251 Å². The van der Waals surface area contributed by atoms with Gasteiger partial charge in [-0.3, -0.25) is 57.5 Å².